The Hall–Kier alpha value is -0.890. The number of hydrogen-bond donors (Lipinski definition) is 0. The number of aromatic nitrogens is 1. The van der Waals surface area contributed by atoms with Crippen molar-refractivity contribution < 1.29 is 0 Å². The topological polar surface area (TPSA) is 12.9 Å². The van der Waals surface area contributed by atoms with Gasteiger partial charge in [-0.2, -0.15) is 0 Å². The zero-order valence-electron chi connectivity index (χ0n) is 6.37. The molecule has 0 atom stereocenters. The summed E-state index contributed by atoms with van der Waals surface area (Å²) >= 11 is 1.70. The second kappa shape index (κ2) is 2.62. The first kappa shape index (κ1) is 6.80. The fourth-order valence-electron chi connectivity index (χ4n) is 1.19. The van der Waals surface area contributed by atoms with Crippen LogP contribution in [0.5, 0.6) is 0 Å². The Morgan fingerprint density at radius 1 is 1.55 bits per heavy atom. The lowest BCUT2D eigenvalue weighted by atomic mass is 10.2. The molecule has 0 aromatic carbocycles. The number of hydrogen-bond acceptors (Lipinski definition) is 2. The zero-order chi connectivity index (χ0) is 7.68. The Morgan fingerprint density at radius 2 is 2.45 bits per heavy atom. The molecule has 0 aliphatic heterocycles. The molecule has 1 aliphatic rings. The lowest BCUT2D eigenvalue weighted by Gasteiger charge is -1.93. The van der Waals surface area contributed by atoms with Crippen LogP contribution in [-0.4, -0.2) is 4.98 Å². The Bertz CT molecular complexity index is 320. The number of allylic oxidation sites excluding steroid dienone is 3. The molecule has 0 N–H and O–H groups in total. The summed E-state index contributed by atoms with van der Waals surface area (Å²) in [5.41, 5.74) is 4.35. The van der Waals surface area contributed by atoms with E-state index >= 15 is 0 Å². The highest BCUT2D eigenvalue weighted by molar-refractivity contribution is 7.10. The van der Waals surface area contributed by atoms with Gasteiger partial charge in [0.1, 0.15) is 0 Å². The molecule has 0 bridgehead atoms. The van der Waals surface area contributed by atoms with Gasteiger partial charge in [-0.05, 0) is 25.0 Å². The van der Waals surface area contributed by atoms with E-state index < -0.39 is 0 Å². The maximum atomic E-state index is 4.30. The van der Waals surface area contributed by atoms with E-state index in [9.17, 15) is 0 Å². The molecule has 1 heterocycles. The average Bonchev–Trinajstić information content (AvgIpc) is 2.40. The van der Waals surface area contributed by atoms with Gasteiger partial charge >= 0.3 is 0 Å². The molecule has 56 valence electrons. The Kier molecular flexibility index (Phi) is 1.62. The minimum absolute atomic E-state index is 1.04. The van der Waals surface area contributed by atoms with Crippen LogP contribution in [0, 0.1) is 0 Å². The minimum atomic E-state index is 1.04. The van der Waals surface area contributed by atoms with Gasteiger partial charge in [0.05, 0.1) is 16.1 Å². The Balaban J connectivity index is 2.59. The van der Waals surface area contributed by atoms with Crippen molar-refractivity contribution in [2.45, 2.75) is 13.3 Å². The van der Waals surface area contributed by atoms with E-state index in [0.717, 1.165) is 12.1 Å². The SMILES string of the molecule is CC1=CCC=Cc2scnc21. The van der Waals surface area contributed by atoms with Gasteiger partial charge in [0.15, 0.2) is 0 Å². The van der Waals surface area contributed by atoms with Crippen LogP contribution in [0.15, 0.2) is 17.7 Å². The molecule has 0 fully saturated rings. The predicted molar refractivity (Wildman–Crippen MR) is 49.4 cm³/mol. The third-order valence-corrected chi connectivity index (χ3v) is 2.59. The molecule has 11 heavy (non-hydrogen) atoms. The summed E-state index contributed by atoms with van der Waals surface area (Å²) in [6.07, 6.45) is 7.57. The van der Waals surface area contributed by atoms with Gasteiger partial charge in [0.2, 0.25) is 0 Å². The van der Waals surface area contributed by atoms with Crippen LogP contribution in [0.3, 0.4) is 0 Å². The lowest BCUT2D eigenvalue weighted by Crippen LogP contribution is -1.79. The van der Waals surface area contributed by atoms with E-state index in [1.165, 1.54) is 10.5 Å². The predicted octanol–water partition coefficient (Wildman–Crippen LogP) is 2.96. The second-order valence-corrected chi connectivity index (χ2v) is 3.48. The fourth-order valence-corrected chi connectivity index (χ4v) is 1.96. The first-order valence-electron chi connectivity index (χ1n) is 3.65. The van der Waals surface area contributed by atoms with Crippen LogP contribution in [0.25, 0.3) is 11.6 Å². The summed E-state index contributed by atoms with van der Waals surface area (Å²) < 4.78 is 0. The van der Waals surface area contributed by atoms with Crippen molar-refractivity contribution in [2.75, 3.05) is 0 Å². The summed E-state index contributed by atoms with van der Waals surface area (Å²) in [6, 6.07) is 0. The van der Waals surface area contributed by atoms with Gasteiger partial charge in [-0.15, -0.1) is 11.3 Å². The smallest absolute Gasteiger partial charge is 0.0837 e. The van der Waals surface area contributed by atoms with Crippen molar-refractivity contribution in [3.05, 3.63) is 28.2 Å². The van der Waals surface area contributed by atoms with Crippen molar-refractivity contribution in [1.29, 1.82) is 0 Å². The van der Waals surface area contributed by atoms with Crippen LogP contribution in [0.1, 0.15) is 23.9 Å². The first-order chi connectivity index (χ1) is 5.38. The molecule has 1 aliphatic carbocycles. The number of thiazole rings is 1. The molecule has 1 aromatic heterocycles. The summed E-state index contributed by atoms with van der Waals surface area (Å²) in [5, 5.41) is 0. The van der Waals surface area contributed by atoms with Gasteiger partial charge in [-0.3, -0.25) is 0 Å². The average molecular weight is 163 g/mol. The van der Waals surface area contributed by atoms with Gasteiger partial charge in [-0.25, -0.2) is 4.98 Å². The standard InChI is InChI=1S/C9H9NS/c1-7-4-2-3-5-8-9(7)10-6-11-8/h3-6H,2H2,1H3. The molecule has 0 spiro atoms. The van der Waals surface area contributed by atoms with E-state index in [-0.39, 0.29) is 0 Å². The highest BCUT2D eigenvalue weighted by Crippen LogP contribution is 2.25. The number of nitrogens with zero attached hydrogens (tertiary/aromatic N) is 1. The van der Waals surface area contributed by atoms with Crippen molar-refractivity contribution >= 4 is 23.0 Å². The minimum Gasteiger partial charge on any atom is -0.244 e. The maximum Gasteiger partial charge on any atom is 0.0837 e. The highest BCUT2D eigenvalue weighted by Gasteiger charge is 2.06. The third kappa shape index (κ3) is 1.14. The Morgan fingerprint density at radius 3 is 3.36 bits per heavy atom. The van der Waals surface area contributed by atoms with Crippen molar-refractivity contribution in [2.24, 2.45) is 0 Å². The van der Waals surface area contributed by atoms with E-state index in [4.69, 9.17) is 0 Å². The number of fused-ring (bicyclic) bond motifs is 1. The largest absolute Gasteiger partial charge is 0.244 e. The van der Waals surface area contributed by atoms with E-state index in [1.807, 2.05) is 5.51 Å². The normalized spacial score (nSPS) is 15.5. The molecule has 0 unspecified atom stereocenters. The second-order valence-electron chi connectivity index (χ2n) is 2.59. The van der Waals surface area contributed by atoms with Crippen molar-refractivity contribution in [1.82, 2.24) is 4.98 Å². The van der Waals surface area contributed by atoms with E-state index in [0.29, 0.717) is 0 Å². The molecule has 0 saturated heterocycles. The van der Waals surface area contributed by atoms with Gasteiger partial charge in [0, 0.05) is 0 Å². The van der Waals surface area contributed by atoms with Crippen molar-refractivity contribution in [3.63, 3.8) is 0 Å². The zero-order valence-corrected chi connectivity index (χ0v) is 7.19. The van der Waals surface area contributed by atoms with Crippen LogP contribution in [-0.2, 0) is 0 Å². The molecule has 0 radical (unpaired) electrons. The van der Waals surface area contributed by atoms with Gasteiger partial charge in [0.25, 0.3) is 0 Å². The summed E-state index contributed by atoms with van der Waals surface area (Å²) in [6.45, 7) is 2.12. The van der Waals surface area contributed by atoms with Crippen LogP contribution < -0.4 is 0 Å². The third-order valence-electron chi connectivity index (χ3n) is 1.80. The highest BCUT2D eigenvalue weighted by atomic mass is 32.1. The van der Waals surface area contributed by atoms with Crippen LogP contribution in [0.2, 0.25) is 0 Å². The fraction of sp³-hybridized carbons (Fsp3) is 0.222. The van der Waals surface area contributed by atoms with Crippen LogP contribution >= 0.6 is 11.3 Å². The monoisotopic (exact) mass is 163 g/mol. The molecular weight excluding hydrogens is 154 g/mol. The molecule has 0 amide bonds. The molecule has 1 aromatic rings. The molecule has 1 nitrogen and oxygen atoms in total. The maximum absolute atomic E-state index is 4.30. The van der Waals surface area contributed by atoms with E-state index in [1.54, 1.807) is 11.3 Å². The molecular formula is C9H9NS. The molecule has 0 saturated carbocycles. The first-order valence-corrected chi connectivity index (χ1v) is 4.53. The van der Waals surface area contributed by atoms with Crippen molar-refractivity contribution in [3.8, 4) is 0 Å². The Labute approximate surface area is 70.1 Å². The molecule has 2 heteroatoms. The summed E-state index contributed by atoms with van der Waals surface area (Å²) in [5.74, 6) is 0. The summed E-state index contributed by atoms with van der Waals surface area (Å²) in [4.78, 5) is 5.58. The summed E-state index contributed by atoms with van der Waals surface area (Å²) in [7, 11) is 0. The van der Waals surface area contributed by atoms with Crippen LogP contribution in [0.4, 0.5) is 0 Å². The van der Waals surface area contributed by atoms with Gasteiger partial charge in [-0.1, -0.05) is 12.2 Å². The lowest BCUT2D eigenvalue weighted by molar-refractivity contribution is 1.32. The van der Waals surface area contributed by atoms with Gasteiger partial charge < -0.3 is 0 Å². The van der Waals surface area contributed by atoms with E-state index in [2.05, 4.69) is 30.1 Å². The number of rotatable bonds is 0. The quantitative estimate of drug-likeness (QED) is 0.573. The molecule has 2 rings (SSSR count).